The Morgan fingerprint density at radius 3 is 2.81 bits per heavy atom. The Bertz CT molecular complexity index is 575. The summed E-state index contributed by atoms with van der Waals surface area (Å²) in [4.78, 5) is 23.3. The van der Waals surface area contributed by atoms with E-state index in [2.05, 4.69) is 5.32 Å². The Kier molecular flexibility index (Phi) is 4.77. The summed E-state index contributed by atoms with van der Waals surface area (Å²) in [7, 11) is 0. The van der Waals surface area contributed by atoms with E-state index in [-0.39, 0.29) is 18.6 Å². The number of hydrogen-bond acceptors (Lipinski definition) is 5. The van der Waals surface area contributed by atoms with Gasteiger partial charge < -0.3 is 14.8 Å². The Morgan fingerprint density at radius 2 is 2.14 bits per heavy atom. The molecule has 1 atom stereocenters. The molecule has 2 rings (SSSR count). The molecule has 0 aromatic heterocycles. The topological polar surface area (TPSA) is 88.4 Å². The van der Waals surface area contributed by atoms with Crippen molar-refractivity contribution in [2.75, 3.05) is 6.61 Å². The van der Waals surface area contributed by atoms with Crippen LogP contribution in [0.2, 0.25) is 0 Å². The van der Waals surface area contributed by atoms with Crippen LogP contribution in [0, 0.1) is 11.3 Å². The third-order valence-electron chi connectivity index (χ3n) is 2.95. The van der Waals surface area contributed by atoms with Gasteiger partial charge in [0.2, 0.25) is 0 Å². The van der Waals surface area contributed by atoms with E-state index in [9.17, 15) is 9.59 Å². The molecule has 1 saturated carbocycles. The molecule has 0 spiro atoms. The predicted octanol–water partition coefficient (Wildman–Crippen LogP) is 1.15. The van der Waals surface area contributed by atoms with Gasteiger partial charge in [-0.3, -0.25) is 4.79 Å². The first-order valence-electron chi connectivity index (χ1n) is 6.72. The van der Waals surface area contributed by atoms with Gasteiger partial charge in [0, 0.05) is 6.04 Å². The van der Waals surface area contributed by atoms with Crippen molar-refractivity contribution in [2.24, 2.45) is 0 Å². The van der Waals surface area contributed by atoms with Crippen molar-refractivity contribution in [1.29, 1.82) is 5.26 Å². The van der Waals surface area contributed by atoms with Gasteiger partial charge in [0.15, 0.2) is 12.7 Å². The summed E-state index contributed by atoms with van der Waals surface area (Å²) >= 11 is 0. The van der Waals surface area contributed by atoms with Crippen molar-refractivity contribution in [3.05, 3.63) is 29.8 Å². The maximum Gasteiger partial charge on any atom is 0.344 e. The van der Waals surface area contributed by atoms with E-state index in [1.807, 2.05) is 6.07 Å². The molecule has 1 fully saturated rings. The lowest BCUT2D eigenvalue weighted by Gasteiger charge is -2.13. The summed E-state index contributed by atoms with van der Waals surface area (Å²) in [6.45, 7) is 1.17. The summed E-state index contributed by atoms with van der Waals surface area (Å²) in [6.07, 6.45) is 1.09. The highest BCUT2D eigenvalue weighted by Gasteiger charge is 2.27. The zero-order valence-corrected chi connectivity index (χ0v) is 11.7. The van der Waals surface area contributed by atoms with Crippen LogP contribution in [0.3, 0.4) is 0 Å². The molecule has 110 valence electrons. The first kappa shape index (κ1) is 14.9. The summed E-state index contributed by atoms with van der Waals surface area (Å²) < 4.78 is 10.2. The quantitative estimate of drug-likeness (QED) is 0.793. The van der Waals surface area contributed by atoms with Gasteiger partial charge in [-0.15, -0.1) is 0 Å². The minimum Gasteiger partial charge on any atom is -0.481 e. The molecular formula is C15H16N2O4. The smallest absolute Gasteiger partial charge is 0.344 e. The molecule has 1 amide bonds. The second-order valence-electron chi connectivity index (χ2n) is 4.81. The molecule has 0 saturated heterocycles. The maximum atomic E-state index is 11.6. The number of esters is 1. The average molecular weight is 288 g/mol. The highest BCUT2D eigenvalue weighted by molar-refractivity contribution is 5.84. The Balaban J connectivity index is 1.78. The maximum absolute atomic E-state index is 11.6. The number of benzene rings is 1. The molecule has 0 radical (unpaired) electrons. The van der Waals surface area contributed by atoms with E-state index in [1.165, 1.54) is 6.92 Å². The largest absolute Gasteiger partial charge is 0.481 e. The molecule has 1 aliphatic carbocycles. The number of carbonyl (C=O) groups excluding carboxylic acids is 2. The van der Waals surface area contributed by atoms with Gasteiger partial charge in [-0.2, -0.15) is 5.26 Å². The van der Waals surface area contributed by atoms with Gasteiger partial charge in [-0.25, -0.2) is 4.79 Å². The normalized spacial score (nSPS) is 14.7. The van der Waals surface area contributed by atoms with Crippen LogP contribution in [0.15, 0.2) is 24.3 Å². The summed E-state index contributed by atoms with van der Waals surface area (Å²) in [5, 5.41) is 11.6. The van der Waals surface area contributed by atoms with Crippen LogP contribution in [-0.2, 0) is 14.3 Å². The monoisotopic (exact) mass is 288 g/mol. The zero-order valence-electron chi connectivity index (χ0n) is 11.7. The number of nitrogens with one attached hydrogen (secondary N) is 1. The number of nitrogens with zero attached hydrogens (tertiary/aromatic N) is 1. The van der Waals surface area contributed by atoms with Gasteiger partial charge in [0.1, 0.15) is 11.8 Å². The molecule has 1 aromatic rings. The molecule has 0 unspecified atom stereocenters. The van der Waals surface area contributed by atoms with Gasteiger partial charge in [0.05, 0.1) is 5.56 Å². The lowest BCUT2D eigenvalue weighted by molar-refractivity contribution is -0.156. The minimum atomic E-state index is -0.854. The first-order chi connectivity index (χ1) is 10.1. The van der Waals surface area contributed by atoms with Crippen LogP contribution in [0.5, 0.6) is 5.75 Å². The van der Waals surface area contributed by atoms with Gasteiger partial charge >= 0.3 is 5.97 Å². The molecule has 1 N–H and O–H groups in total. The molecule has 21 heavy (non-hydrogen) atoms. The number of rotatable bonds is 6. The van der Waals surface area contributed by atoms with Crippen LogP contribution in [0.4, 0.5) is 0 Å². The lowest BCUT2D eigenvalue weighted by Crippen LogP contribution is -2.37. The molecule has 0 aliphatic heterocycles. The lowest BCUT2D eigenvalue weighted by atomic mass is 10.2. The molecular weight excluding hydrogens is 272 g/mol. The van der Waals surface area contributed by atoms with Crippen LogP contribution in [0.1, 0.15) is 25.3 Å². The number of nitriles is 1. The fourth-order valence-corrected chi connectivity index (χ4v) is 1.65. The molecule has 6 heteroatoms. The highest BCUT2D eigenvalue weighted by Crippen LogP contribution is 2.19. The van der Waals surface area contributed by atoms with Gasteiger partial charge in [-0.1, -0.05) is 12.1 Å². The molecule has 0 bridgehead atoms. The number of para-hydroxylation sites is 1. The van der Waals surface area contributed by atoms with Crippen molar-refractivity contribution >= 4 is 11.9 Å². The summed E-state index contributed by atoms with van der Waals surface area (Å²) in [5.74, 6) is -0.642. The number of hydrogen-bond donors (Lipinski definition) is 1. The number of amides is 1. The second-order valence-corrected chi connectivity index (χ2v) is 4.81. The van der Waals surface area contributed by atoms with E-state index in [0.29, 0.717) is 11.3 Å². The van der Waals surface area contributed by atoms with Crippen molar-refractivity contribution < 1.29 is 19.1 Å². The number of ether oxygens (including phenoxy) is 2. The van der Waals surface area contributed by atoms with E-state index >= 15 is 0 Å². The van der Waals surface area contributed by atoms with Crippen LogP contribution >= 0.6 is 0 Å². The van der Waals surface area contributed by atoms with Crippen molar-refractivity contribution in [3.8, 4) is 11.8 Å². The standard InChI is InChI=1S/C15H16N2O4/c1-10(15(19)17-12-6-7-12)21-14(18)9-20-13-5-3-2-4-11(13)8-16/h2-5,10,12H,6-7,9H2,1H3,(H,17,19)/t10-/m0/s1. The van der Waals surface area contributed by atoms with Crippen LogP contribution in [-0.4, -0.2) is 30.6 Å². The number of carbonyl (C=O) groups is 2. The first-order valence-corrected chi connectivity index (χ1v) is 6.72. The Morgan fingerprint density at radius 1 is 1.43 bits per heavy atom. The third-order valence-corrected chi connectivity index (χ3v) is 2.95. The Labute approximate surface area is 122 Å². The van der Waals surface area contributed by atoms with Crippen molar-refractivity contribution in [2.45, 2.75) is 31.9 Å². The van der Waals surface area contributed by atoms with E-state index in [1.54, 1.807) is 24.3 Å². The highest BCUT2D eigenvalue weighted by atomic mass is 16.6. The van der Waals surface area contributed by atoms with Crippen molar-refractivity contribution in [3.63, 3.8) is 0 Å². The SMILES string of the molecule is C[C@H](OC(=O)COc1ccccc1C#N)C(=O)NC1CC1. The van der Waals surface area contributed by atoms with Gasteiger partial charge in [0.25, 0.3) is 5.91 Å². The van der Waals surface area contributed by atoms with Gasteiger partial charge in [-0.05, 0) is 31.9 Å². The fraction of sp³-hybridized carbons (Fsp3) is 0.400. The average Bonchev–Trinajstić information content (AvgIpc) is 3.29. The third kappa shape index (κ3) is 4.49. The minimum absolute atomic E-state index is 0.220. The summed E-state index contributed by atoms with van der Waals surface area (Å²) in [5.41, 5.74) is 0.338. The Hall–Kier alpha value is -2.55. The van der Waals surface area contributed by atoms with E-state index in [0.717, 1.165) is 12.8 Å². The predicted molar refractivity (Wildman–Crippen MR) is 73.4 cm³/mol. The fourth-order valence-electron chi connectivity index (χ4n) is 1.65. The van der Waals surface area contributed by atoms with Crippen molar-refractivity contribution in [1.82, 2.24) is 5.32 Å². The molecule has 6 nitrogen and oxygen atoms in total. The second kappa shape index (κ2) is 6.75. The molecule has 1 aliphatic rings. The summed E-state index contributed by atoms with van der Waals surface area (Å²) in [6, 6.07) is 8.77. The van der Waals surface area contributed by atoms with Crippen LogP contribution in [0.25, 0.3) is 0 Å². The van der Waals surface area contributed by atoms with E-state index in [4.69, 9.17) is 14.7 Å². The molecule has 0 heterocycles. The zero-order chi connectivity index (χ0) is 15.2. The van der Waals surface area contributed by atoms with Crippen LogP contribution < -0.4 is 10.1 Å². The molecule has 1 aromatic carbocycles. The van der Waals surface area contributed by atoms with E-state index < -0.39 is 12.1 Å².